The Morgan fingerprint density at radius 1 is 1.41 bits per heavy atom. The lowest BCUT2D eigenvalue weighted by Gasteiger charge is -2.39. The van der Waals surface area contributed by atoms with Crippen molar-refractivity contribution < 1.29 is 5.11 Å². The smallest absolute Gasteiger partial charge is 0.0818 e. The van der Waals surface area contributed by atoms with E-state index >= 15 is 0 Å². The van der Waals surface area contributed by atoms with E-state index in [1.54, 1.807) is 0 Å². The van der Waals surface area contributed by atoms with Crippen LogP contribution in [-0.4, -0.2) is 35.2 Å². The molecule has 1 aromatic carbocycles. The summed E-state index contributed by atoms with van der Waals surface area (Å²) in [6.45, 7) is 3.86. The monoisotopic (exact) mass is 234 g/mol. The molecule has 1 aliphatic heterocycles. The Labute approximate surface area is 103 Å². The maximum Gasteiger partial charge on any atom is 0.0818 e. The van der Waals surface area contributed by atoms with Crippen molar-refractivity contribution in [3.8, 4) is 0 Å². The molecule has 0 aromatic heterocycles. The summed E-state index contributed by atoms with van der Waals surface area (Å²) < 4.78 is 0. The van der Waals surface area contributed by atoms with Crippen molar-refractivity contribution in [1.29, 1.82) is 0 Å². The van der Waals surface area contributed by atoms with Gasteiger partial charge in [0.25, 0.3) is 0 Å². The summed E-state index contributed by atoms with van der Waals surface area (Å²) in [6, 6.07) is 10.9. The Morgan fingerprint density at radius 2 is 2.12 bits per heavy atom. The number of benzene rings is 1. The molecule has 2 rings (SSSR count). The Morgan fingerprint density at radius 3 is 2.71 bits per heavy atom. The Balaban J connectivity index is 2.09. The first-order chi connectivity index (χ1) is 8.22. The lowest BCUT2D eigenvalue weighted by Crippen LogP contribution is -2.51. The van der Waals surface area contributed by atoms with E-state index in [2.05, 4.69) is 36.1 Å². The number of piperidine rings is 1. The van der Waals surface area contributed by atoms with Crippen LogP contribution in [0.2, 0.25) is 0 Å². The minimum Gasteiger partial charge on any atom is -0.390 e. The van der Waals surface area contributed by atoms with Gasteiger partial charge in [-0.15, -0.1) is 0 Å². The van der Waals surface area contributed by atoms with E-state index in [0.717, 1.165) is 19.4 Å². The third kappa shape index (κ3) is 2.86. The third-order valence-electron chi connectivity index (χ3n) is 3.68. The summed E-state index contributed by atoms with van der Waals surface area (Å²) in [4.78, 5) is 2.35. The number of nitrogens with zero attached hydrogens (tertiary/aromatic N) is 1. The summed E-state index contributed by atoms with van der Waals surface area (Å²) in [7, 11) is 0. The largest absolute Gasteiger partial charge is 0.390 e. The average Bonchev–Trinajstić information content (AvgIpc) is 2.36. The molecule has 94 valence electrons. The number of aliphatic hydroxyl groups is 1. The minimum atomic E-state index is -0.387. The molecule has 1 aliphatic rings. The van der Waals surface area contributed by atoms with Crippen LogP contribution in [0.25, 0.3) is 0 Å². The molecule has 1 unspecified atom stereocenters. The molecule has 1 aromatic rings. The number of aliphatic hydroxyl groups excluding tert-OH is 1. The van der Waals surface area contributed by atoms with Gasteiger partial charge in [0.1, 0.15) is 0 Å². The van der Waals surface area contributed by atoms with E-state index in [-0.39, 0.29) is 12.1 Å². The van der Waals surface area contributed by atoms with Gasteiger partial charge in [0.15, 0.2) is 0 Å². The van der Waals surface area contributed by atoms with Gasteiger partial charge in [0.2, 0.25) is 0 Å². The molecule has 0 radical (unpaired) electrons. The molecule has 1 heterocycles. The maximum absolute atomic E-state index is 9.87. The highest BCUT2D eigenvalue weighted by Crippen LogP contribution is 2.26. The van der Waals surface area contributed by atoms with Crippen LogP contribution >= 0.6 is 0 Å². The molecule has 3 nitrogen and oxygen atoms in total. The summed E-state index contributed by atoms with van der Waals surface area (Å²) in [5.74, 6) is 0. The SMILES string of the molecule is CCC(c1ccccc1)N1CC[C@H](N)[C@@H](O)C1. The number of hydrogen-bond donors (Lipinski definition) is 2. The summed E-state index contributed by atoms with van der Waals surface area (Å²) in [5, 5.41) is 9.87. The quantitative estimate of drug-likeness (QED) is 0.834. The van der Waals surface area contributed by atoms with E-state index in [9.17, 15) is 5.11 Å². The number of hydrogen-bond acceptors (Lipinski definition) is 3. The maximum atomic E-state index is 9.87. The van der Waals surface area contributed by atoms with Crippen LogP contribution in [0.15, 0.2) is 30.3 Å². The highest BCUT2D eigenvalue weighted by Gasteiger charge is 2.29. The van der Waals surface area contributed by atoms with Crippen LogP contribution < -0.4 is 5.73 Å². The zero-order chi connectivity index (χ0) is 12.3. The predicted octanol–water partition coefficient (Wildman–Crippen LogP) is 1.53. The molecule has 0 spiro atoms. The fourth-order valence-corrected chi connectivity index (χ4v) is 2.64. The van der Waals surface area contributed by atoms with E-state index in [1.165, 1.54) is 5.56 Å². The number of likely N-dealkylation sites (tertiary alicyclic amines) is 1. The molecule has 0 saturated carbocycles. The number of rotatable bonds is 3. The van der Waals surface area contributed by atoms with Gasteiger partial charge in [-0.2, -0.15) is 0 Å². The van der Waals surface area contributed by atoms with Gasteiger partial charge in [-0.3, -0.25) is 4.90 Å². The van der Waals surface area contributed by atoms with Crippen molar-refractivity contribution in [2.24, 2.45) is 5.73 Å². The molecule has 3 atom stereocenters. The van der Waals surface area contributed by atoms with Crippen LogP contribution in [-0.2, 0) is 0 Å². The van der Waals surface area contributed by atoms with Crippen molar-refractivity contribution in [2.45, 2.75) is 38.0 Å². The number of β-amino-alcohol motifs (C(OH)–C–C–N with tert-alkyl or cyclic N) is 1. The van der Waals surface area contributed by atoms with Gasteiger partial charge in [-0.05, 0) is 18.4 Å². The molecule has 17 heavy (non-hydrogen) atoms. The van der Waals surface area contributed by atoms with Crippen molar-refractivity contribution >= 4 is 0 Å². The van der Waals surface area contributed by atoms with Crippen molar-refractivity contribution in [3.05, 3.63) is 35.9 Å². The Hall–Kier alpha value is -0.900. The molecule has 0 aliphatic carbocycles. The zero-order valence-electron chi connectivity index (χ0n) is 10.4. The molecular weight excluding hydrogens is 212 g/mol. The Kier molecular flexibility index (Phi) is 4.15. The molecule has 0 amide bonds. The molecule has 3 N–H and O–H groups in total. The fraction of sp³-hybridized carbons (Fsp3) is 0.571. The van der Waals surface area contributed by atoms with Crippen LogP contribution in [0.3, 0.4) is 0 Å². The second-order valence-corrected chi connectivity index (χ2v) is 4.85. The predicted molar refractivity (Wildman–Crippen MR) is 69.6 cm³/mol. The normalized spacial score (nSPS) is 27.9. The van der Waals surface area contributed by atoms with Crippen LogP contribution in [0, 0.1) is 0 Å². The molecule has 1 fully saturated rings. The van der Waals surface area contributed by atoms with Crippen LogP contribution in [0.5, 0.6) is 0 Å². The molecule has 1 saturated heterocycles. The fourth-order valence-electron chi connectivity index (χ4n) is 2.64. The average molecular weight is 234 g/mol. The second kappa shape index (κ2) is 5.63. The lowest BCUT2D eigenvalue weighted by atomic mass is 9.96. The van der Waals surface area contributed by atoms with E-state index < -0.39 is 0 Å². The summed E-state index contributed by atoms with van der Waals surface area (Å²) in [5.41, 5.74) is 7.18. The third-order valence-corrected chi connectivity index (χ3v) is 3.68. The van der Waals surface area contributed by atoms with Gasteiger partial charge < -0.3 is 10.8 Å². The van der Waals surface area contributed by atoms with Gasteiger partial charge in [-0.25, -0.2) is 0 Å². The van der Waals surface area contributed by atoms with E-state index in [0.29, 0.717) is 12.6 Å². The van der Waals surface area contributed by atoms with Crippen molar-refractivity contribution in [2.75, 3.05) is 13.1 Å². The van der Waals surface area contributed by atoms with E-state index in [1.807, 2.05) is 6.07 Å². The molecule has 0 bridgehead atoms. The van der Waals surface area contributed by atoms with Gasteiger partial charge in [-0.1, -0.05) is 37.3 Å². The van der Waals surface area contributed by atoms with Gasteiger partial charge in [0, 0.05) is 25.2 Å². The number of nitrogens with two attached hydrogens (primary N) is 1. The zero-order valence-corrected chi connectivity index (χ0v) is 10.4. The first kappa shape index (κ1) is 12.6. The first-order valence-electron chi connectivity index (χ1n) is 6.45. The molecular formula is C14H22N2O. The highest BCUT2D eigenvalue weighted by atomic mass is 16.3. The minimum absolute atomic E-state index is 0.0560. The lowest BCUT2D eigenvalue weighted by molar-refractivity contribution is 0.0302. The topological polar surface area (TPSA) is 49.5 Å². The summed E-state index contributed by atoms with van der Waals surface area (Å²) >= 11 is 0. The van der Waals surface area contributed by atoms with Crippen molar-refractivity contribution in [1.82, 2.24) is 4.90 Å². The van der Waals surface area contributed by atoms with Crippen LogP contribution in [0.4, 0.5) is 0 Å². The van der Waals surface area contributed by atoms with E-state index in [4.69, 9.17) is 5.73 Å². The standard InChI is InChI=1S/C14H22N2O/c1-2-13(11-6-4-3-5-7-11)16-9-8-12(15)14(17)10-16/h3-7,12-14,17H,2,8-10,15H2,1H3/t12-,13?,14-/m0/s1. The first-order valence-corrected chi connectivity index (χ1v) is 6.45. The molecule has 3 heteroatoms. The Bertz CT molecular complexity index is 341. The second-order valence-electron chi connectivity index (χ2n) is 4.85. The van der Waals surface area contributed by atoms with Crippen LogP contribution in [0.1, 0.15) is 31.4 Å². The summed E-state index contributed by atoms with van der Waals surface area (Å²) in [6.07, 6.45) is 1.55. The van der Waals surface area contributed by atoms with Gasteiger partial charge >= 0.3 is 0 Å². The van der Waals surface area contributed by atoms with Crippen molar-refractivity contribution in [3.63, 3.8) is 0 Å². The van der Waals surface area contributed by atoms with Gasteiger partial charge in [0.05, 0.1) is 6.10 Å². The highest BCUT2D eigenvalue weighted by molar-refractivity contribution is 5.19.